The van der Waals surface area contributed by atoms with Crippen LogP contribution in [0.1, 0.15) is 37.6 Å². The van der Waals surface area contributed by atoms with Gasteiger partial charge < -0.3 is 19.9 Å². The van der Waals surface area contributed by atoms with E-state index in [0.717, 1.165) is 5.39 Å². The van der Waals surface area contributed by atoms with Crippen LogP contribution in [0.2, 0.25) is 0 Å². The fourth-order valence-corrected chi connectivity index (χ4v) is 2.07. The molecular formula is C18H22N2O5. The molecule has 0 aliphatic carbocycles. The summed E-state index contributed by atoms with van der Waals surface area (Å²) in [4.78, 5) is 26.8. The first-order chi connectivity index (χ1) is 11.7. The van der Waals surface area contributed by atoms with Crippen LogP contribution in [-0.2, 0) is 4.74 Å². The number of nitrogens with one attached hydrogen (secondary N) is 1. The standard InChI is InChI=1S/C18H22N2O5/c1-18(2,3)25-17(23)19-9-4-10-24-15-8-6-12-11-13(16(21)22)5-7-14(12)20-15/h5-8,11H,4,9-10H2,1-3H3,(H,19,23)(H,21,22). The van der Waals surface area contributed by atoms with Gasteiger partial charge in [-0.2, -0.15) is 0 Å². The molecular weight excluding hydrogens is 324 g/mol. The van der Waals surface area contributed by atoms with Gasteiger partial charge in [0.25, 0.3) is 0 Å². The Bertz CT molecular complexity index is 768. The Morgan fingerprint density at radius 1 is 1.20 bits per heavy atom. The van der Waals surface area contributed by atoms with Crippen molar-refractivity contribution in [3.63, 3.8) is 0 Å². The van der Waals surface area contributed by atoms with Crippen LogP contribution in [0.4, 0.5) is 4.79 Å². The number of carboxylic acids is 1. The lowest BCUT2D eigenvalue weighted by molar-refractivity contribution is 0.0524. The van der Waals surface area contributed by atoms with Crippen molar-refractivity contribution in [3.8, 4) is 5.88 Å². The maximum Gasteiger partial charge on any atom is 0.407 e. The average molecular weight is 346 g/mol. The predicted octanol–water partition coefficient (Wildman–Crippen LogP) is 3.23. The van der Waals surface area contributed by atoms with Gasteiger partial charge in [-0.3, -0.25) is 0 Å². The van der Waals surface area contributed by atoms with Gasteiger partial charge in [0.15, 0.2) is 0 Å². The molecule has 25 heavy (non-hydrogen) atoms. The van der Waals surface area contributed by atoms with Gasteiger partial charge >= 0.3 is 12.1 Å². The molecule has 134 valence electrons. The van der Waals surface area contributed by atoms with Gasteiger partial charge in [-0.1, -0.05) is 0 Å². The Morgan fingerprint density at radius 2 is 1.96 bits per heavy atom. The van der Waals surface area contributed by atoms with Crippen molar-refractivity contribution in [2.75, 3.05) is 13.2 Å². The Balaban J connectivity index is 1.80. The van der Waals surface area contributed by atoms with Gasteiger partial charge in [0.1, 0.15) is 5.60 Å². The second kappa shape index (κ2) is 7.83. The minimum atomic E-state index is -0.972. The maximum atomic E-state index is 11.5. The summed E-state index contributed by atoms with van der Waals surface area (Å²) >= 11 is 0. The third-order valence-corrected chi connectivity index (χ3v) is 3.15. The summed E-state index contributed by atoms with van der Waals surface area (Å²) in [5.41, 5.74) is 0.362. The maximum absolute atomic E-state index is 11.5. The van der Waals surface area contributed by atoms with Gasteiger partial charge in [-0.05, 0) is 51.5 Å². The topological polar surface area (TPSA) is 97.8 Å². The summed E-state index contributed by atoms with van der Waals surface area (Å²) in [6.07, 6.45) is 0.155. The Kier molecular flexibility index (Phi) is 5.80. The lowest BCUT2D eigenvalue weighted by Crippen LogP contribution is -2.33. The van der Waals surface area contributed by atoms with Crippen LogP contribution in [0, 0.1) is 0 Å². The van der Waals surface area contributed by atoms with E-state index in [1.165, 1.54) is 6.07 Å². The number of carbonyl (C=O) groups is 2. The SMILES string of the molecule is CC(C)(C)OC(=O)NCCCOc1ccc2cc(C(=O)O)ccc2n1. The summed E-state index contributed by atoms with van der Waals surface area (Å²) < 4.78 is 10.7. The normalized spacial score (nSPS) is 11.2. The smallest absolute Gasteiger partial charge is 0.407 e. The van der Waals surface area contributed by atoms with Crippen molar-refractivity contribution in [1.82, 2.24) is 10.3 Å². The average Bonchev–Trinajstić information content (AvgIpc) is 2.52. The molecule has 0 unspecified atom stereocenters. The Morgan fingerprint density at radius 3 is 2.64 bits per heavy atom. The lowest BCUT2D eigenvalue weighted by atomic mass is 10.1. The van der Waals surface area contributed by atoms with Crippen molar-refractivity contribution in [1.29, 1.82) is 0 Å². The van der Waals surface area contributed by atoms with E-state index in [4.69, 9.17) is 14.6 Å². The molecule has 7 nitrogen and oxygen atoms in total. The summed E-state index contributed by atoms with van der Waals surface area (Å²) in [5.74, 6) is -0.521. The second-order valence-electron chi connectivity index (χ2n) is 6.49. The van der Waals surface area contributed by atoms with Gasteiger partial charge in [0.2, 0.25) is 5.88 Å². The first-order valence-corrected chi connectivity index (χ1v) is 7.98. The Labute approximate surface area is 146 Å². The van der Waals surface area contributed by atoms with Crippen molar-refractivity contribution < 1.29 is 24.2 Å². The third-order valence-electron chi connectivity index (χ3n) is 3.15. The van der Waals surface area contributed by atoms with E-state index in [2.05, 4.69) is 10.3 Å². The zero-order chi connectivity index (χ0) is 18.4. The summed E-state index contributed by atoms with van der Waals surface area (Å²) in [6.45, 7) is 6.24. The molecule has 1 aromatic carbocycles. The fourth-order valence-electron chi connectivity index (χ4n) is 2.07. The van der Waals surface area contributed by atoms with Crippen LogP contribution in [0.25, 0.3) is 10.9 Å². The molecule has 1 amide bonds. The first-order valence-electron chi connectivity index (χ1n) is 7.98. The number of ether oxygens (including phenoxy) is 2. The molecule has 2 N–H and O–H groups in total. The minimum absolute atomic E-state index is 0.219. The van der Waals surface area contributed by atoms with Crippen LogP contribution in [0.3, 0.4) is 0 Å². The summed E-state index contributed by atoms with van der Waals surface area (Å²) in [7, 11) is 0. The second-order valence-corrected chi connectivity index (χ2v) is 6.49. The number of fused-ring (bicyclic) bond motifs is 1. The van der Waals surface area contributed by atoms with Crippen molar-refractivity contribution >= 4 is 23.0 Å². The highest BCUT2D eigenvalue weighted by atomic mass is 16.6. The number of amides is 1. The number of pyridine rings is 1. The molecule has 0 aliphatic heterocycles. The van der Waals surface area contributed by atoms with Gasteiger partial charge in [0.05, 0.1) is 17.7 Å². The predicted molar refractivity (Wildman–Crippen MR) is 93.1 cm³/mol. The molecule has 0 aliphatic rings. The molecule has 0 spiro atoms. The van der Waals surface area contributed by atoms with Crippen LogP contribution < -0.4 is 10.1 Å². The number of benzene rings is 1. The Hall–Kier alpha value is -2.83. The molecule has 7 heteroatoms. The van der Waals surface area contributed by atoms with Crippen molar-refractivity contribution in [3.05, 3.63) is 35.9 Å². The van der Waals surface area contributed by atoms with E-state index in [1.807, 2.05) is 0 Å². The van der Waals surface area contributed by atoms with Gasteiger partial charge in [-0.25, -0.2) is 14.6 Å². The quantitative estimate of drug-likeness (QED) is 0.779. The molecule has 0 bridgehead atoms. The molecule has 0 radical (unpaired) electrons. The third kappa shape index (κ3) is 5.95. The molecule has 2 aromatic rings. The van der Waals surface area contributed by atoms with E-state index in [9.17, 15) is 9.59 Å². The number of rotatable bonds is 6. The van der Waals surface area contributed by atoms with Gasteiger partial charge in [-0.15, -0.1) is 0 Å². The molecule has 0 saturated carbocycles. The van der Waals surface area contributed by atoms with Crippen LogP contribution in [-0.4, -0.2) is 40.9 Å². The molecule has 1 heterocycles. The highest BCUT2D eigenvalue weighted by Gasteiger charge is 2.15. The monoisotopic (exact) mass is 346 g/mol. The van der Waals surface area contributed by atoms with E-state index in [1.54, 1.807) is 45.0 Å². The van der Waals surface area contributed by atoms with E-state index < -0.39 is 17.7 Å². The van der Waals surface area contributed by atoms with E-state index in [0.29, 0.717) is 31.0 Å². The number of carboxylic acid groups (broad SMARTS) is 1. The van der Waals surface area contributed by atoms with Gasteiger partial charge in [0, 0.05) is 18.0 Å². The van der Waals surface area contributed by atoms with Crippen LogP contribution >= 0.6 is 0 Å². The van der Waals surface area contributed by atoms with Crippen LogP contribution in [0.5, 0.6) is 5.88 Å². The highest BCUT2D eigenvalue weighted by molar-refractivity contribution is 5.93. The zero-order valence-corrected chi connectivity index (χ0v) is 14.5. The molecule has 1 aromatic heterocycles. The molecule has 0 saturated heterocycles. The number of carbonyl (C=O) groups excluding carboxylic acids is 1. The van der Waals surface area contributed by atoms with E-state index in [-0.39, 0.29) is 5.56 Å². The van der Waals surface area contributed by atoms with E-state index >= 15 is 0 Å². The molecule has 0 fully saturated rings. The number of aromatic carboxylic acids is 1. The highest BCUT2D eigenvalue weighted by Crippen LogP contribution is 2.18. The summed E-state index contributed by atoms with van der Waals surface area (Å²) in [6, 6.07) is 8.18. The fraction of sp³-hybridized carbons (Fsp3) is 0.389. The van der Waals surface area contributed by atoms with Crippen molar-refractivity contribution in [2.24, 2.45) is 0 Å². The van der Waals surface area contributed by atoms with Crippen molar-refractivity contribution in [2.45, 2.75) is 32.8 Å². The number of nitrogens with zero attached hydrogens (tertiary/aromatic N) is 1. The molecule has 0 atom stereocenters. The first kappa shape index (κ1) is 18.5. The minimum Gasteiger partial charge on any atom is -0.478 e. The number of hydrogen-bond acceptors (Lipinski definition) is 5. The summed E-state index contributed by atoms with van der Waals surface area (Å²) in [5, 5.41) is 12.4. The zero-order valence-electron chi connectivity index (χ0n) is 14.5. The lowest BCUT2D eigenvalue weighted by Gasteiger charge is -2.19. The number of hydrogen-bond donors (Lipinski definition) is 2. The number of alkyl carbamates (subject to hydrolysis) is 1. The largest absolute Gasteiger partial charge is 0.478 e. The number of aromatic nitrogens is 1. The molecule has 2 rings (SSSR count). The van der Waals surface area contributed by atoms with Crippen LogP contribution in [0.15, 0.2) is 30.3 Å².